The minimum absolute atomic E-state index is 0.240. The highest BCUT2D eigenvalue weighted by molar-refractivity contribution is 5.80. The van der Waals surface area contributed by atoms with Gasteiger partial charge in [0.25, 0.3) is 0 Å². The van der Waals surface area contributed by atoms with Crippen LogP contribution in [0.1, 0.15) is 35.7 Å². The van der Waals surface area contributed by atoms with Gasteiger partial charge < -0.3 is 4.74 Å². The van der Waals surface area contributed by atoms with Gasteiger partial charge in [0.05, 0.1) is 12.7 Å². The summed E-state index contributed by atoms with van der Waals surface area (Å²) in [7, 11) is 1.62. The molecule has 0 unspecified atom stereocenters. The van der Waals surface area contributed by atoms with Crippen molar-refractivity contribution in [3.63, 3.8) is 0 Å². The molecule has 1 aliphatic rings. The second-order valence-electron chi connectivity index (χ2n) is 4.11. The van der Waals surface area contributed by atoms with E-state index < -0.39 is 0 Å². The van der Waals surface area contributed by atoms with E-state index >= 15 is 0 Å². The Morgan fingerprint density at radius 3 is 2.64 bits per heavy atom. The van der Waals surface area contributed by atoms with E-state index in [1.165, 1.54) is 18.4 Å². The third-order valence-electron chi connectivity index (χ3n) is 3.03. The van der Waals surface area contributed by atoms with Gasteiger partial charge in [0.1, 0.15) is 5.75 Å². The van der Waals surface area contributed by atoms with E-state index in [9.17, 15) is 4.79 Å². The number of aldehydes is 1. The first kappa shape index (κ1) is 9.25. The van der Waals surface area contributed by atoms with E-state index in [0.29, 0.717) is 5.56 Å². The third kappa shape index (κ3) is 1.31. The number of carbonyl (C=O) groups is 1. The molecule has 0 bridgehead atoms. The summed E-state index contributed by atoms with van der Waals surface area (Å²) in [5.41, 5.74) is 2.06. The van der Waals surface area contributed by atoms with E-state index in [0.717, 1.165) is 12.0 Å². The van der Waals surface area contributed by atoms with E-state index in [1.807, 2.05) is 6.07 Å². The fourth-order valence-electron chi connectivity index (χ4n) is 1.81. The second-order valence-corrected chi connectivity index (χ2v) is 4.11. The minimum Gasteiger partial charge on any atom is -0.496 e. The van der Waals surface area contributed by atoms with Crippen molar-refractivity contribution in [2.24, 2.45) is 0 Å². The second kappa shape index (κ2) is 3.12. The summed E-state index contributed by atoms with van der Waals surface area (Å²) in [5.74, 6) is 0.752. The molecule has 0 atom stereocenters. The van der Waals surface area contributed by atoms with Crippen molar-refractivity contribution in [2.45, 2.75) is 25.2 Å². The molecule has 74 valence electrons. The van der Waals surface area contributed by atoms with Crippen molar-refractivity contribution in [1.29, 1.82) is 0 Å². The molecule has 0 N–H and O–H groups in total. The number of rotatable bonds is 3. The van der Waals surface area contributed by atoms with Gasteiger partial charge >= 0.3 is 0 Å². The molecule has 2 nitrogen and oxygen atoms in total. The minimum atomic E-state index is 0.240. The number of hydrogen-bond donors (Lipinski definition) is 0. The lowest BCUT2D eigenvalue weighted by Crippen LogP contribution is -2.05. The quantitative estimate of drug-likeness (QED) is 0.685. The number of carbonyl (C=O) groups excluding carboxylic acids is 1. The molecular weight excluding hydrogens is 176 g/mol. The molecule has 1 fully saturated rings. The Kier molecular flexibility index (Phi) is 2.06. The highest BCUT2D eigenvalue weighted by atomic mass is 16.5. The lowest BCUT2D eigenvalue weighted by Gasteiger charge is -2.15. The summed E-state index contributed by atoms with van der Waals surface area (Å²) < 4.78 is 5.30. The molecule has 0 aromatic heterocycles. The molecule has 0 heterocycles. The average Bonchev–Trinajstić information content (AvgIpc) is 2.96. The summed E-state index contributed by atoms with van der Waals surface area (Å²) >= 11 is 0. The standard InChI is InChI=1S/C12H14O2/c1-12(6-7-12)10-5-3-4-9(8-13)11(10)14-2/h3-5,8H,6-7H2,1-2H3. The Balaban J connectivity index is 2.53. The summed E-state index contributed by atoms with van der Waals surface area (Å²) in [6.45, 7) is 2.21. The first-order valence-corrected chi connectivity index (χ1v) is 4.84. The van der Waals surface area contributed by atoms with Crippen LogP contribution in [0.5, 0.6) is 5.75 Å². The normalized spacial score (nSPS) is 17.6. The van der Waals surface area contributed by atoms with E-state index in [-0.39, 0.29) is 5.41 Å². The van der Waals surface area contributed by atoms with Crippen LogP contribution >= 0.6 is 0 Å². The van der Waals surface area contributed by atoms with Gasteiger partial charge in [-0.05, 0) is 24.3 Å². The molecule has 0 amide bonds. The number of para-hydroxylation sites is 1. The van der Waals surface area contributed by atoms with Crippen molar-refractivity contribution in [1.82, 2.24) is 0 Å². The zero-order valence-corrected chi connectivity index (χ0v) is 8.54. The number of hydrogen-bond acceptors (Lipinski definition) is 2. The first-order valence-electron chi connectivity index (χ1n) is 4.84. The van der Waals surface area contributed by atoms with Crippen molar-refractivity contribution in [2.75, 3.05) is 7.11 Å². The summed E-state index contributed by atoms with van der Waals surface area (Å²) in [5, 5.41) is 0. The Hall–Kier alpha value is -1.31. The van der Waals surface area contributed by atoms with E-state index in [2.05, 4.69) is 13.0 Å². The molecule has 1 aliphatic carbocycles. The molecule has 1 aromatic rings. The summed E-state index contributed by atoms with van der Waals surface area (Å²) in [4.78, 5) is 10.8. The highest BCUT2D eigenvalue weighted by Crippen LogP contribution is 2.51. The zero-order valence-electron chi connectivity index (χ0n) is 8.54. The molecule has 1 aromatic carbocycles. The van der Waals surface area contributed by atoms with Gasteiger partial charge in [0.15, 0.2) is 6.29 Å². The fourth-order valence-corrected chi connectivity index (χ4v) is 1.81. The third-order valence-corrected chi connectivity index (χ3v) is 3.03. The van der Waals surface area contributed by atoms with Crippen LogP contribution in [0.15, 0.2) is 18.2 Å². The maximum absolute atomic E-state index is 10.8. The topological polar surface area (TPSA) is 26.3 Å². The van der Waals surface area contributed by atoms with Gasteiger partial charge in [0.2, 0.25) is 0 Å². The Morgan fingerprint density at radius 1 is 1.43 bits per heavy atom. The van der Waals surface area contributed by atoms with Crippen LogP contribution in [0.25, 0.3) is 0 Å². The van der Waals surface area contributed by atoms with Crippen LogP contribution < -0.4 is 4.74 Å². The molecule has 0 spiro atoms. The number of benzene rings is 1. The summed E-state index contributed by atoms with van der Waals surface area (Å²) in [6, 6.07) is 5.77. The Labute approximate surface area is 83.9 Å². The largest absolute Gasteiger partial charge is 0.496 e. The lowest BCUT2D eigenvalue weighted by atomic mass is 9.95. The Morgan fingerprint density at radius 2 is 2.14 bits per heavy atom. The van der Waals surface area contributed by atoms with Crippen molar-refractivity contribution < 1.29 is 9.53 Å². The highest BCUT2D eigenvalue weighted by Gasteiger charge is 2.41. The molecule has 2 heteroatoms. The predicted molar refractivity (Wildman–Crippen MR) is 55.0 cm³/mol. The molecule has 0 radical (unpaired) electrons. The number of methoxy groups -OCH3 is 1. The maximum Gasteiger partial charge on any atom is 0.153 e. The van der Waals surface area contributed by atoms with Crippen LogP contribution in [-0.2, 0) is 5.41 Å². The van der Waals surface area contributed by atoms with Gasteiger partial charge in [-0.15, -0.1) is 0 Å². The summed E-state index contributed by atoms with van der Waals surface area (Å²) in [6.07, 6.45) is 3.23. The van der Waals surface area contributed by atoms with Crippen LogP contribution in [0, 0.1) is 0 Å². The van der Waals surface area contributed by atoms with Crippen molar-refractivity contribution in [3.8, 4) is 5.75 Å². The fraction of sp³-hybridized carbons (Fsp3) is 0.417. The van der Waals surface area contributed by atoms with E-state index in [4.69, 9.17) is 4.74 Å². The van der Waals surface area contributed by atoms with Crippen LogP contribution in [0.2, 0.25) is 0 Å². The first-order chi connectivity index (χ1) is 6.71. The van der Waals surface area contributed by atoms with Crippen LogP contribution in [0.4, 0.5) is 0 Å². The van der Waals surface area contributed by atoms with Gasteiger partial charge in [-0.3, -0.25) is 4.79 Å². The molecule has 0 saturated heterocycles. The van der Waals surface area contributed by atoms with E-state index in [1.54, 1.807) is 13.2 Å². The number of ether oxygens (including phenoxy) is 1. The maximum atomic E-state index is 10.8. The monoisotopic (exact) mass is 190 g/mol. The SMILES string of the molecule is COc1c(C=O)cccc1C1(C)CC1. The molecule has 1 saturated carbocycles. The van der Waals surface area contributed by atoms with Crippen molar-refractivity contribution >= 4 is 6.29 Å². The van der Waals surface area contributed by atoms with Crippen LogP contribution in [-0.4, -0.2) is 13.4 Å². The Bertz CT molecular complexity index is 365. The molecular formula is C12H14O2. The molecule has 14 heavy (non-hydrogen) atoms. The predicted octanol–water partition coefficient (Wildman–Crippen LogP) is 2.56. The van der Waals surface area contributed by atoms with Gasteiger partial charge in [0, 0.05) is 5.56 Å². The lowest BCUT2D eigenvalue weighted by molar-refractivity contribution is 0.112. The van der Waals surface area contributed by atoms with Gasteiger partial charge in [-0.2, -0.15) is 0 Å². The van der Waals surface area contributed by atoms with Gasteiger partial charge in [-0.1, -0.05) is 19.1 Å². The van der Waals surface area contributed by atoms with Crippen molar-refractivity contribution in [3.05, 3.63) is 29.3 Å². The smallest absolute Gasteiger partial charge is 0.153 e. The molecule has 0 aliphatic heterocycles. The zero-order chi connectivity index (χ0) is 10.2. The molecule has 2 rings (SSSR count). The van der Waals surface area contributed by atoms with Gasteiger partial charge in [-0.25, -0.2) is 0 Å². The average molecular weight is 190 g/mol. The van der Waals surface area contributed by atoms with Crippen LogP contribution in [0.3, 0.4) is 0 Å².